The maximum Gasteiger partial charge on any atom is 0.123 e. The third-order valence-corrected chi connectivity index (χ3v) is 3.72. The molecule has 0 radical (unpaired) electrons. The van der Waals surface area contributed by atoms with Crippen molar-refractivity contribution in [1.82, 2.24) is 0 Å². The first-order valence-corrected chi connectivity index (χ1v) is 6.86. The van der Waals surface area contributed by atoms with Gasteiger partial charge in [0.25, 0.3) is 0 Å². The van der Waals surface area contributed by atoms with E-state index in [1.807, 2.05) is 30.3 Å². The zero-order valence-corrected chi connectivity index (χ0v) is 10.1. The molecule has 2 rings (SSSR count). The molecule has 0 aliphatic heterocycles. The van der Waals surface area contributed by atoms with Crippen LogP contribution >= 0.6 is 0 Å². The van der Waals surface area contributed by atoms with Crippen LogP contribution in [0.15, 0.2) is 54.6 Å². The molecular weight excluding hydrogens is 235 g/mol. The fourth-order valence-corrected chi connectivity index (χ4v) is 2.81. The fourth-order valence-electron chi connectivity index (χ4n) is 1.58. The largest absolute Gasteiger partial charge is 0.259 e. The van der Waals surface area contributed by atoms with Gasteiger partial charge in [-0.05, 0) is 23.3 Å². The lowest BCUT2D eigenvalue weighted by atomic mass is 10.2. The molecule has 2 aromatic carbocycles. The van der Waals surface area contributed by atoms with Crippen LogP contribution in [-0.2, 0) is 22.3 Å². The molecule has 1 nitrogen and oxygen atoms in total. The summed E-state index contributed by atoms with van der Waals surface area (Å²) in [6.45, 7) is 0. The van der Waals surface area contributed by atoms with E-state index in [4.69, 9.17) is 0 Å². The molecule has 0 aliphatic carbocycles. The summed E-state index contributed by atoms with van der Waals surface area (Å²) in [5.74, 6) is 0.746. The summed E-state index contributed by atoms with van der Waals surface area (Å²) in [6.07, 6.45) is 0. The van der Waals surface area contributed by atoms with Crippen molar-refractivity contribution < 1.29 is 8.60 Å². The summed E-state index contributed by atoms with van der Waals surface area (Å²) in [5.41, 5.74) is 1.97. The normalized spacial score (nSPS) is 12.3. The van der Waals surface area contributed by atoms with Gasteiger partial charge in [-0.3, -0.25) is 4.21 Å². The summed E-state index contributed by atoms with van der Waals surface area (Å²) in [4.78, 5) is 0. The predicted octanol–water partition coefficient (Wildman–Crippen LogP) is 3.27. The van der Waals surface area contributed by atoms with Gasteiger partial charge in [-0.15, -0.1) is 0 Å². The predicted molar refractivity (Wildman–Crippen MR) is 68.4 cm³/mol. The lowest BCUT2D eigenvalue weighted by molar-refractivity contribution is 0.627. The van der Waals surface area contributed by atoms with Crippen molar-refractivity contribution in [2.75, 3.05) is 0 Å². The Morgan fingerprint density at radius 3 is 1.94 bits per heavy atom. The number of benzene rings is 2. The lowest BCUT2D eigenvalue weighted by Crippen LogP contribution is -1.99. The van der Waals surface area contributed by atoms with E-state index >= 15 is 0 Å². The highest BCUT2D eigenvalue weighted by molar-refractivity contribution is 7.83. The first-order valence-electron chi connectivity index (χ1n) is 5.37. The molecular formula is C14H13FOS. The SMILES string of the molecule is O=[S@@](Cc1ccccc1)Cc1ccc(F)cc1. The van der Waals surface area contributed by atoms with Crippen molar-refractivity contribution in [3.63, 3.8) is 0 Å². The molecule has 2 aromatic rings. The van der Waals surface area contributed by atoms with Gasteiger partial charge >= 0.3 is 0 Å². The van der Waals surface area contributed by atoms with Crippen LogP contribution in [0, 0.1) is 5.82 Å². The molecule has 0 aliphatic rings. The standard InChI is InChI=1S/C14H13FOS/c15-14-8-6-13(7-9-14)11-17(16)10-12-4-2-1-3-5-12/h1-9H,10-11H2/t17-/m0/s1. The zero-order valence-electron chi connectivity index (χ0n) is 9.30. The van der Waals surface area contributed by atoms with Crippen molar-refractivity contribution in [3.05, 3.63) is 71.5 Å². The summed E-state index contributed by atoms with van der Waals surface area (Å²) in [6, 6.07) is 15.9. The van der Waals surface area contributed by atoms with E-state index in [0.717, 1.165) is 11.1 Å². The molecule has 0 aromatic heterocycles. The van der Waals surface area contributed by atoms with Crippen molar-refractivity contribution in [2.24, 2.45) is 0 Å². The second-order valence-corrected chi connectivity index (χ2v) is 5.30. The quantitative estimate of drug-likeness (QED) is 0.811. The second kappa shape index (κ2) is 5.73. The first-order chi connectivity index (χ1) is 8.24. The Morgan fingerprint density at radius 1 is 0.824 bits per heavy atom. The maximum atomic E-state index is 12.7. The molecule has 0 unspecified atom stereocenters. The third kappa shape index (κ3) is 3.79. The number of hydrogen-bond donors (Lipinski definition) is 0. The topological polar surface area (TPSA) is 17.1 Å². The number of rotatable bonds is 4. The van der Waals surface area contributed by atoms with Gasteiger partial charge < -0.3 is 0 Å². The molecule has 0 spiro atoms. The Balaban J connectivity index is 1.96. The lowest BCUT2D eigenvalue weighted by Gasteiger charge is -2.03. The van der Waals surface area contributed by atoms with Gasteiger partial charge in [0.15, 0.2) is 0 Å². The molecule has 17 heavy (non-hydrogen) atoms. The highest BCUT2D eigenvalue weighted by Gasteiger charge is 2.03. The Hall–Kier alpha value is -1.48. The van der Waals surface area contributed by atoms with Crippen LogP contribution in [0.25, 0.3) is 0 Å². The van der Waals surface area contributed by atoms with E-state index in [9.17, 15) is 8.60 Å². The van der Waals surface area contributed by atoms with Crippen LogP contribution in [0.5, 0.6) is 0 Å². The van der Waals surface area contributed by atoms with E-state index < -0.39 is 10.8 Å². The van der Waals surface area contributed by atoms with Crippen molar-refractivity contribution in [1.29, 1.82) is 0 Å². The van der Waals surface area contributed by atoms with Crippen LogP contribution in [0.4, 0.5) is 4.39 Å². The zero-order chi connectivity index (χ0) is 12.1. The van der Waals surface area contributed by atoms with E-state index in [1.165, 1.54) is 12.1 Å². The molecule has 0 amide bonds. The van der Waals surface area contributed by atoms with E-state index in [2.05, 4.69) is 0 Å². The average Bonchev–Trinajstić information content (AvgIpc) is 2.33. The van der Waals surface area contributed by atoms with E-state index in [0.29, 0.717) is 11.5 Å². The average molecular weight is 248 g/mol. The minimum absolute atomic E-state index is 0.261. The molecule has 0 saturated heterocycles. The third-order valence-electron chi connectivity index (χ3n) is 2.41. The summed E-state index contributed by atoms with van der Waals surface area (Å²) in [7, 11) is -0.951. The van der Waals surface area contributed by atoms with Crippen LogP contribution in [0.2, 0.25) is 0 Å². The number of hydrogen-bond acceptors (Lipinski definition) is 1. The Morgan fingerprint density at radius 2 is 1.35 bits per heavy atom. The van der Waals surface area contributed by atoms with Crippen molar-refractivity contribution >= 4 is 10.8 Å². The van der Waals surface area contributed by atoms with Gasteiger partial charge in [-0.25, -0.2) is 4.39 Å². The Labute approximate surface area is 103 Å². The molecule has 3 heteroatoms. The Kier molecular flexibility index (Phi) is 4.04. The monoisotopic (exact) mass is 248 g/mol. The van der Waals surface area contributed by atoms with Crippen molar-refractivity contribution in [2.45, 2.75) is 11.5 Å². The highest BCUT2D eigenvalue weighted by atomic mass is 32.2. The van der Waals surface area contributed by atoms with E-state index in [1.54, 1.807) is 12.1 Å². The van der Waals surface area contributed by atoms with Gasteiger partial charge in [-0.2, -0.15) is 0 Å². The van der Waals surface area contributed by atoms with Crippen LogP contribution in [0.1, 0.15) is 11.1 Å². The van der Waals surface area contributed by atoms with Gasteiger partial charge in [0.05, 0.1) is 0 Å². The summed E-state index contributed by atoms with van der Waals surface area (Å²) in [5, 5.41) is 0. The van der Waals surface area contributed by atoms with Gasteiger partial charge in [-0.1, -0.05) is 42.5 Å². The summed E-state index contributed by atoms with van der Waals surface area (Å²) >= 11 is 0. The van der Waals surface area contributed by atoms with Crippen LogP contribution in [0.3, 0.4) is 0 Å². The molecule has 1 atom stereocenters. The minimum Gasteiger partial charge on any atom is -0.259 e. The number of halogens is 1. The molecule has 0 fully saturated rings. The fraction of sp³-hybridized carbons (Fsp3) is 0.143. The Bertz CT molecular complexity index is 493. The molecule has 0 heterocycles. The van der Waals surface area contributed by atoms with Crippen LogP contribution in [-0.4, -0.2) is 4.21 Å². The minimum atomic E-state index is -0.951. The summed E-state index contributed by atoms with van der Waals surface area (Å²) < 4.78 is 24.6. The smallest absolute Gasteiger partial charge is 0.123 e. The highest BCUT2D eigenvalue weighted by Crippen LogP contribution is 2.09. The van der Waals surface area contributed by atoms with Gasteiger partial charge in [0.1, 0.15) is 5.82 Å². The van der Waals surface area contributed by atoms with Crippen molar-refractivity contribution in [3.8, 4) is 0 Å². The molecule has 0 N–H and O–H groups in total. The maximum absolute atomic E-state index is 12.7. The van der Waals surface area contributed by atoms with Gasteiger partial charge in [0, 0.05) is 22.3 Å². The second-order valence-electron chi connectivity index (χ2n) is 3.84. The molecule has 0 saturated carbocycles. The van der Waals surface area contributed by atoms with Gasteiger partial charge in [0.2, 0.25) is 0 Å². The molecule has 0 bridgehead atoms. The van der Waals surface area contributed by atoms with Crippen LogP contribution < -0.4 is 0 Å². The first kappa shape index (κ1) is 12.0. The molecule has 88 valence electrons. The van der Waals surface area contributed by atoms with E-state index in [-0.39, 0.29) is 5.82 Å².